The zero-order chi connectivity index (χ0) is 17.6. The molecular weight excluding hydrogens is 361 g/mol. The van der Waals surface area contributed by atoms with E-state index in [1.54, 1.807) is 17.0 Å². The zero-order valence-corrected chi connectivity index (χ0v) is 14.9. The van der Waals surface area contributed by atoms with E-state index in [0.29, 0.717) is 23.2 Å². The van der Waals surface area contributed by atoms with Gasteiger partial charge in [-0.15, -0.1) is 11.6 Å². The van der Waals surface area contributed by atoms with Crippen LogP contribution in [0.5, 0.6) is 0 Å². The van der Waals surface area contributed by atoms with Gasteiger partial charge >= 0.3 is 0 Å². The normalized spacial score (nSPS) is 10.8. The SMILES string of the molecule is O=C(Cc1cn(OCCCCl)c2ccccc12)Nc1ccncc1Cl. The summed E-state index contributed by atoms with van der Waals surface area (Å²) in [6.45, 7) is 0.514. The molecule has 3 rings (SSSR count). The van der Waals surface area contributed by atoms with E-state index in [-0.39, 0.29) is 12.3 Å². The average molecular weight is 378 g/mol. The Kier molecular flexibility index (Phi) is 5.79. The van der Waals surface area contributed by atoms with Crippen LogP contribution in [0.2, 0.25) is 5.02 Å². The van der Waals surface area contributed by atoms with Crippen molar-refractivity contribution in [2.75, 3.05) is 17.8 Å². The number of benzene rings is 1. The van der Waals surface area contributed by atoms with Gasteiger partial charge in [-0.25, -0.2) is 0 Å². The van der Waals surface area contributed by atoms with Crippen LogP contribution in [0.3, 0.4) is 0 Å². The van der Waals surface area contributed by atoms with E-state index in [1.807, 2.05) is 30.5 Å². The lowest BCUT2D eigenvalue weighted by Crippen LogP contribution is -2.15. The topological polar surface area (TPSA) is 56.1 Å². The Balaban J connectivity index is 1.78. The highest BCUT2D eigenvalue weighted by Crippen LogP contribution is 2.23. The number of carbonyl (C=O) groups excluding carboxylic acids is 1. The largest absolute Gasteiger partial charge is 0.414 e. The summed E-state index contributed by atoms with van der Waals surface area (Å²) in [5, 5.41) is 4.19. The number of nitrogens with zero attached hydrogens (tertiary/aromatic N) is 2. The van der Waals surface area contributed by atoms with Gasteiger partial charge in [0, 0.05) is 29.9 Å². The molecule has 130 valence electrons. The molecule has 0 unspecified atom stereocenters. The summed E-state index contributed by atoms with van der Waals surface area (Å²) in [5.74, 6) is 0.387. The summed E-state index contributed by atoms with van der Waals surface area (Å²) in [5.41, 5.74) is 2.34. The molecule has 0 aliphatic heterocycles. The van der Waals surface area contributed by atoms with Crippen LogP contribution < -0.4 is 10.2 Å². The molecular formula is C18H17Cl2N3O2. The number of hydrogen-bond donors (Lipinski definition) is 1. The van der Waals surface area contributed by atoms with E-state index in [0.717, 1.165) is 22.9 Å². The average Bonchev–Trinajstić information content (AvgIpc) is 2.95. The van der Waals surface area contributed by atoms with Crippen molar-refractivity contribution in [2.24, 2.45) is 0 Å². The minimum absolute atomic E-state index is 0.156. The molecule has 0 aliphatic carbocycles. The Morgan fingerprint density at radius 3 is 2.92 bits per heavy atom. The highest BCUT2D eigenvalue weighted by molar-refractivity contribution is 6.33. The van der Waals surface area contributed by atoms with Crippen molar-refractivity contribution < 1.29 is 9.63 Å². The first-order valence-electron chi connectivity index (χ1n) is 7.86. The number of alkyl halides is 1. The van der Waals surface area contributed by atoms with Crippen molar-refractivity contribution >= 4 is 45.7 Å². The van der Waals surface area contributed by atoms with Gasteiger partial charge in [-0.2, -0.15) is 4.73 Å². The molecule has 1 aromatic carbocycles. The number of anilines is 1. The Hall–Kier alpha value is -2.24. The molecule has 1 amide bonds. The number of pyridine rings is 1. The monoisotopic (exact) mass is 377 g/mol. The molecule has 0 spiro atoms. The van der Waals surface area contributed by atoms with Gasteiger partial charge in [-0.3, -0.25) is 9.78 Å². The first-order valence-corrected chi connectivity index (χ1v) is 8.78. The van der Waals surface area contributed by atoms with Crippen LogP contribution in [0.15, 0.2) is 48.9 Å². The van der Waals surface area contributed by atoms with E-state index in [1.165, 1.54) is 6.20 Å². The summed E-state index contributed by atoms with van der Waals surface area (Å²) in [4.78, 5) is 22.0. The van der Waals surface area contributed by atoms with Gasteiger partial charge in [0.25, 0.3) is 0 Å². The summed E-state index contributed by atoms with van der Waals surface area (Å²) < 4.78 is 1.70. The van der Waals surface area contributed by atoms with Gasteiger partial charge in [-0.05, 0) is 24.1 Å². The third-order valence-corrected chi connectivity index (χ3v) is 4.23. The third kappa shape index (κ3) is 4.24. The highest BCUT2D eigenvalue weighted by Gasteiger charge is 2.13. The summed E-state index contributed by atoms with van der Waals surface area (Å²) >= 11 is 11.7. The fourth-order valence-electron chi connectivity index (χ4n) is 2.53. The van der Waals surface area contributed by atoms with Crippen molar-refractivity contribution in [2.45, 2.75) is 12.8 Å². The van der Waals surface area contributed by atoms with E-state index in [9.17, 15) is 4.79 Å². The molecule has 2 heterocycles. The summed E-state index contributed by atoms with van der Waals surface area (Å²) in [6.07, 6.45) is 5.88. The van der Waals surface area contributed by atoms with Gasteiger partial charge in [0.15, 0.2) is 0 Å². The lowest BCUT2D eigenvalue weighted by Gasteiger charge is -2.06. The van der Waals surface area contributed by atoms with Crippen molar-refractivity contribution in [1.29, 1.82) is 0 Å². The maximum Gasteiger partial charge on any atom is 0.228 e. The third-order valence-electron chi connectivity index (χ3n) is 3.67. The second-order valence-electron chi connectivity index (χ2n) is 5.45. The number of hydrogen-bond acceptors (Lipinski definition) is 3. The molecule has 0 bridgehead atoms. The van der Waals surface area contributed by atoms with Crippen molar-refractivity contribution in [1.82, 2.24) is 9.71 Å². The Morgan fingerprint density at radius 1 is 1.28 bits per heavy atom. The summed E-state index contributed by atoms with van der Waals surface area (Å²) in [7, 11) is 0. The lowest BCUT2D eigenvalue weighted by molar-refractivity contribution is -0.115. The van der Waals surface area contributed by atoms with Gasteiger partial charge in [0.05, 0.1) is 22.6 Å². The number of carbonyl (C=O) groups is 1. The molecule has 0 saturated carbocycles. The van der Waals surface area contributed by atoms with Gasteiger partial charge < -0.3 is 10.2 Å². The molecule has 0 saturated heterocycles. The second kappa shape index (κ2) is 8.23. The van der Waals surface area contributed by atoms with Crippen LogP contribution >= 0.6 is 23.2 Å². The standard InChI is InChI=1S/C18H17Cl2N3O2/c19-7-3-9-25-23-12-13(14-4-1-2-5-17(14)23)10-18(24)22-16-6-8-21-11-15(16)20/h1-2,4-6,8,11-12H,3,7,9-10H2,(H,21,22,24). The number of para-hydroxylation sites is 1. The minimum atomic E-state index is -0.156. The van der Waals surface area contributed by atoms with E-state index < -0.39 is 0 Å². The number of amides is 1. The highest BCUT2D eigenvalue weighted by atomic mass is 35.5. The number of aromatic nitrogens is 2. The molecule has 3 aromatic rings. The fraction of sp³-hybridized carbons (Fsp3) is 0.222. The lowest BCUT2D eigenvalue weighted by atomic mass is 10.1. The molecule has 25 heavy (non-hydrogen) atoms. The maximum absolute atomic E-state index is 12.4. The molecule has 7 heteroatoms. The van der Waals surface area contributed by atoms with Crippen LogP contribution in [0.1, 0.15) is 12.0 Å². The fourth-order valence-corrected chi connectivity index (χ4v) is 2.80. The molecule has 2 aromatic heterocycles. The van der Waals surface area contributed by atoms with Crippen molar-refractivity contribution in [3.05, 3.63) is 59.5 Å². The summed E-state index contributed by atoms with van der Waals surface area (Å²) in [6, 6.07) is 9.46. The minimum Gasteiger partial charge on any atom is -0.414 e. The van der Waals surface area contributed by atoms with Crippen LogP contribution in [0.4, 0.5) is 5.69 Å². The van der Waals surface area contributed by atoms with E-state index >= 15 is 0 Å². The molecule has 0 atom stereocenters. The molecule has 0 radical (unpaired) electrons. The predicted molar refractivity (Wildman–Crippen MR) is 100 cm³/mol. The van der Waals surface area contributed by atoms with Gasteiger partial charge in [-0.1, -0.05) is 29.8 Å². The van der Waals surface area contributed by atoms with Crippen LogP contribution in [-0.4, -0.2) is 28.1 Å². The van der Waals surface area contributed by atoms with Gasteiger partial charge in [0.2, 0.25) is 5.91 Å². The molecule has 1 N–H and O–H groups in total. The second-order valence-corrected chi connectivity index (χ2v) is 6.24. The van der Waals surface area contributed by atoms with E-state index in [4.69, 9.17) is 28.0 Å². The Morgan fingerprint density at radius 2 is 2.12 bits per heavy atom. The Labute approximate surface area is 155 Å². The number of rotatable bonds is 7. The maximum atomic E-state index is 12.4. The molecule has 5 nitrogen and oxygen atoms in total. The first-order chi connectivity index (χ1) is 12.2. The molecule has 0 fully saturated rings. The van der Waals surface area contributed by atoms with Crippen molar-refractivity contribution in [3.63, 3.8) is 0 Å². The number of nitrogens with one attached hydrogen (secondary N) is 1. The van der Waals surface area contributed by atoms with Crippen LogP contribution in [0, 0.1) is 0 Å². The number of halogens is 2. The smallest absolute Gasteiger partial charge is 0.228 e. The Bertz CT molecular complexity index is 880. The zero-order valence-electron chi connectivity index (χ0n) is 13.4. The van der Waals surface area contributed by atoms with Crippen LogP contribution in [0.25, 0.3) is 10.9 Å². The number of fused-ring (bicyclic) bond motifs is 1. The van der Waals surface area contributed by atoms with E-state index in [2.05, 4.69) is 10.3 Å². The predicted octanol–water partition coefficient (Wildman–Crippen LogP) is 3.93. The van der Waals surface area contributed by atoms with Crippen molar-refractivity contribution in [3.8, 4) is 0 Å². The molecule has 0 aliphatic rings. The van der Waals surface area contributed by atoms with Gasteiger partial charge in [0.1, 0.15) is 6.61 Å². The first kappa shape index (κ1) is 17.6. The quantitative estimate of drug-likeness (QED) is 0.501. The van der Waals surface area contributed by atoms with Crippen LogP contribution in [-0.2, 0) is 11.2 Å².